The van der Waals surface area contributed by atoms with Crippen LogP contribution in [0.4, 0.5) is 0 Å². The molecule has 0 radical (unpaired) electrons. The number of fused-ring (bicyclic) bond motifs is 2. The van der Waals surface area contributed by atoms with Crippen LogP contribution in [0.1, 0.15) is 6.42 Å². The topological polar surface area (TPSA) is 7.76 Å². The number of nitrogens with zero attached hydrogens (tertiary/aromatic N) is 2. The molecule has 0 spiro atoms. The maximum absolute atomic E-state index is 2.39. The van der Waals surface area contributed by atoms with Crippen LogP contribution in [-0.4, -0.2) is 0 Å². The van der Waals surface area contributed by atoms with Gasteiger partial charge in [-0.05, 0) is 12.1 Å². The quantitative estimate of drug-likeness (QED) is 0.196. The van der Waals surface area contributed by atoms with Gasteiger partial charge in [-0.2, -0.15) is 0 Å². The first-order chi connectivity index (χ1) is 10.4. The Bertz CT molecular complexity index is 828. The molecule has 2 heterocycles. The molecule has 23 heavy (non-hydrogen) atoms. The minimum Gasteiger partial charge on any atom is -1.00 e. The molecule has 2 aromatic heterocycles. The molecule has 120 valence electrons. The minimum absolute atomic E-state index is 0. The van der Waals surface area contributed by atoms with Crippen LogP contribution in [0, 0.1) is 0 Å². The zero-order valence-corrected chi connectivity index (χ0v) is 18.3. The standard InChI is InChI=1S/C17H16N2S2.2HI/c1-3-8-16-14(6-1)12-20-18(16)10-5-11-19-17-9-4-2-7-15(17)13-21-19;;/h1-4,6-9,12-13H,5,10-11H2;2*1H/q+2;;/p-2. The lowest BCUT2D eigenvalue weighted by Crippen LogP contribution is -3.00. The Hall–Kier alpha value is -0.320. The van der Waals surface area contributed by atoms with Crippen LogP contribution in [0.2, 0.25) is 0 Å². The van der Waals surface area contributed by atoms with Gasteiger partial charge >= 0.3 is 0 Å². The Labute approximate surface area is 178 Å². The number of hydrogen-bond donors (Lipinski definition) is 0. The zero-order valence-electron chi connectivity index (χ0n) is 12.4. The molecule has 0 bridgehead atoms. The van der Waals surface area contributed by atoms with E-state index in [-0.39, 0.29) is 48.0 Å². The summed E-state index contributed by atoms with van der Waals surface area (Å²) in [5.41, 5.74) is 2.70. The van der Waals surface area contributed by atoms with Gasteiger partial charge in [-0.1, -0.05) is 24.3 Å². The summed E-state index contributed by atoms with van der Waals surface area (Å²) in [6, 6.07) is 17.2. The van der Waals surface area contributed by atoms with Crippen LogP contribution in [0.25, 0.3) is 21.8 Å². The molecule has 0 aliphatic carbocycles. The highest BCUT2D eigenvalue weighted by atomic mass is 127. The van der Waals surface area contributed by atoms with Gasteiger partial charge in [0.1, 0.15) is 23.1 Å². The highest BCUT2D eigenvalue weighted by Gasteiger charge is 2.15. The Morgan fingerprint density at radius 1 is 0.652 bits per heavy atom. The molecule has 4 rings (SSSR count). The van der Waals surface area contributed by atoms with E-state index in [2.05, 4.69) is 67.2 Å². The lowest BCUT2D eigenvalue weighted by Gasteiger charge is -1.93. The maximum atomic E-state index is 2.39. The summed E-state index contributed by atoms with van der Waals surface area (Å²) >= 11 is 3.63. The molecule has 0 aliphatic heterocycles. The molecule has 0 saturated carbocycles. The molecule has 4 aromatic rings. The van der Waals surface area contributed by atoms with Crippen LogP contribution < -0.4 is 55.9 Å². The Kier molecular flexibility index (Phi) is 7.18. The largest absolute Gasteiger partial charge is 1.00 e. The Morgan fingerprint density at radius 2 is 1.09 bits per heavy atom. The van der Waals surface area contributed by atoms with E-state index in [1.54, 1.807) is 0 Å². The molecule has 0 atom stereocenters. The normalized spacial score (nSPS) is 10.4. The van der Waals surface area contributed by atoms with E-state index >= 15 is 0 Å². The number of aromatic nitrogens is 2. The van der Waals surface area contributed by atoms with E-state index in [9.17, 15) is 0 Å². The van der Waals surface area contributed by atoms with Crippen LogP contribution in [0.5, 0.6) is 0 Å². The molecule has 6 heteroatoms. The third-order valence-corrected chi connectivity index (χ3v) is 5.73. The summed E-state index contributed by atoms with van der Waals surface area (Å²) in [7, 11) is 0. The second kappa shape index (κ2) is 8.68. The van der Waals surface area contributed by atoms with Crippen LogP contribution in [-0.2, 0) is 13.1 Å². The zero-order chi connectivity index (χ0) is 14.1. The number of aryl methyl sites for hydroxylation is 2. The summed E-state index contributed by atoms with van der Waals surface area (Å²) in [6.45, 7) is 2.16. The second-order valence-corrected chi connectivity index (χ2v) is 6.90. The number of rotatable bonds is 4. The summed E-state index contributed by atoms with van der Waals surface area (Å²) in [4.78, 5) is 0. The van der Waals surface area contributed by atoms with Crippen molar-refractivity contribution >= 4 is 44.9 Å². The average Bonchev–Trinajstić information content (AvgIpc) is 3.13. The van der Waals surface area contributed by atoms with Gasteiger partial charge in [-0.25, -0.2) is 0 Å². The predicted octanol–water partition coefficient (Wildman–Crippen LogP) is -2.21. The third-order valence-electron chi connectivity index (χ3n) is 3.75. The summed E-state index contributed by atoms with van der Waals surface area (Å²) < 4.78 is 4.79. The molecule has 0 fully saturated rings. The van der Waals surface area contributed by atoms with Crippen molar-refractivity contribution in [1.29, 1.82) is 0 Å². The highest BCUT2D eigenvalue weighted by Crippen LogP contribution is 2.14. The lowest BCUT2D eigenvalue weighted by molar-refractivity contribution is -0.636. The Balaban J connectivity index is 0.000000960. The molecular formula is C17H16I2N2S2. The van der Waals surface area contributed by atoms with Gasteiger partial charge in [0.15, 0.2) is 13.1 Å². The van der Waals surface area contributed by atoms with Crippen molar-refractivity contribution in [1.82, 2.24) is 0 Å². The monoisotopic (exact) mass is 566 g/mol. The van der Waals surface area contributed by atoms with Crippen molar-refractivity contribution in [2.45, 2.75) is 19.5 Å². The number of halogens is 2. The fraction of sp³-hybridized carbons (Fsp3) is 0.176. The molecule has 0 amide bonds. The van der Waals surface area contributed by atoms with Crippen molar-refractivity contribution < 1.29 is 55.9 Å². The van der Waals surface area contributed by atoms with Crippen molar-refractivity contribution in [2.24, 2.45) is 0 Å². The van der Waals surface area contributed by atoms with E-state index in [1.807, 2.05) is 23.1 Å². The van der Waals surface area contributed by atoms with E-state index in [0.29, 0.717) is 0 Å². The number of hydrogen-bond acceptors (Lipinski definition) is 2. The van der Waals surface area contributed by atoms with E-state index in [4.69, 9.17) is 0 Å². The molecule has 0 saturated heterocycles. The van der Waals surface area contributed by atoms with E-state index in [0.717, 1.165) is 19.5 Å². The Morgan fingerprint density at radius 3 is 1.57 bits per heavy atom. The third kappa shape index (κ3) is 4.02. The summed E-state index contributed by atoms with van der Waals surface area (Å²) in [5.74, 6) is 0. The molecular weight excluding hydrogens is 550 g/mol. The van der Waals surface area contributed by atoms with Crippen molar-refractivity contribution in [3.63, 3.8) is 0 Å². The molecule has 0 unspecified atom stereocenters. The average molecular weight is 566 g/mol. The second-order valence-electron chi connectivity index (χ2n) is 5.12. The van der Waals surface area contributed by atoms with Gasteiger partial charge in [0, 0.05) is 12.1 Å². The fourth-order valence-electron chi connectivity index (χ4n) is 2.69. The molecule has 0 aliphatic rings. The van der Waals surface area contributed by atoms with Gasteiger partial charge in [-0.3, -0.25) is 0 Å². The molecule has 2 aromatic carbocycles. The van der Waals surface area contributed by atoms with Crippen molar-refractivity contribution in [3.05, 3.63) is 59.3 Å². The first-order valence-corrected chi connectivity index (χ1v) is 8.82. The predicted molar refractivity (Wildman–Crippen MR) is 88.7 cm³/mol. The van der Waals surface area contributed by atoms with Crippen molar-refractivity contribution in [2.75, 3.05) is 0 Å². The summed E-state index contributed by atoms with van der Waals surface area (Å²) in [5, 5.41) is 7.17. The number of para-hydroxylation sites is 2. The summed E-state index contributed by atoms with van der Waals surface area (Å²) in [6.07, 6.45) is 1.16. The smallest absolute Gasteiger partial charge is 0.227 e. The van der Waals surface area contributed by atoms with Crippen molar-refractivity contribution in [3.8, 4) is 0 Å². The van der Waals surface area contributed by atoms with Gasteiger partial charge < -0.3 is 48.0 Å². The first kappa shape index (κ1) is 19.0. The lowest BCUT2D eigenvalue weighted by atomic mass is 10.2. The van der Waals surface area contributed by atoms with Crippen LogP contribution in [0.15, 0.2) is 59.3 Å². The van der Waals surface area contributed by atoms with Crippen LogP contribution in [0.3, 0.4) is 0 Å². The van der Waals surface area contributed by atoms with E-state index in [1.165, 1.54) is 21.8 Å². The minimum atomic E-state index is 0. The fourth-order valence-corrected chi connectivity index (χ4v) is 4.60. The first-order valence-electron chi connectivity index (χ1n) is 7.15. The van der Waals surface area contributed by atoms with Gasteiger partial charge in [0.2, 0.25) is 11.0 Å². The maximum Gasteiger partial charge on any atom is 0.227 e. The van der Waals surface area contributed by atoms with Crippen LogP contribution >= 0.6 is 23.1 Å². The van der Waals surface area contributed by atoms with Gasteiger partial charge in [-0.15, -0.1) is 7.91 Å². The van der Waals surface area contributed by atoms with E-state index < -0.39 is 0 Å². The van der Waals surface area contributed by atoms with Gasteiger partial charge in [0.05, 0.1) is 28.0 Å². The molecule has 2 nitrogen and oxygen atoms in total. The highest BCUT2D eigenvalue weighted by molar-refractivity contribution is 7.00. The SMILES string of the molecule is [I-].[I-].c1ccc2c(c1)cs[n+]2CCC[n+]1scc2ccccc21. The molecule has 0 N–H and O–H groups in total. The van der Waals surface area contributed by atoms with Gasteiger partial charge in [0.25, 0.3) is 0 Å². The number of benzene rings is 2.